The number of ether oxygens (including phenoxy) is 4. The predicted octanol–water partition coefficient (Wildman–Crippen LogP) is 6.03. The number of hydrogen-bond acceptors (Lipinski definition) is 9. The van der Waals surface area contributed by atoms with Crippen molar-refractivity contribution >= 4 is 52.9 Å². The molecular weight excluding hydrogens is 634 g/mol. The van der Waals surface area contributed by atoms with Crippen molar-refractivity contribution < 1.29 is 38.1 Å². The second kappa shape index (κ2) is 16.7. The van der Waals surface area contributed by atoms with E-state index >= 15 is 0 Å². The van der Waals surface area contributed by atoms with Crippen LogP contribution in [0, 0.1) is 0 Å². The Labute approximate surface area is 282 Å². The van der Waals surface area contributed by atoms with Gasteiger partial charge in [0.2, 0.25) is 5.91 Å². The summed E-state index contributed by atoms with van der Waals surface area (Å²) in [6.45, 7) is 1.72. The van der Waals surface area contributed by atoms with Gasteiger partial charge in [0.15, 0.2) is 11.5 Å². The maximum Gasteiger partial charge on any atom is 0.339 e. The summed E-state index contributed by atoms with van der Waals surface area (Å²) in [7, 11) is 5.73. The number of esters is 1. The summed E-state index contributed by atoms with van der Waals surface area (Å²) in [5.74, 6) is -0.785. The van der Waals surface area contributed by atoms with Crippen LogP contribution < -0.4 is 30.2 Å². The molecule has 4 aromatic carbocycles. The SMILES string of the molecule is COC(=O)c1ccccc1NC(=O)C(C)Sc1cccc(NC(=O)/C(=C\c2cc(OC)c(OC)cc2OC)NC(=O)c2ccccc2)c1. The molecule has 12 heteroatoms. The fourth-order valence-corrected chi connectivity index (χ4v) is 5.41. The zero-order valence-electron chi connectivity index (χ0n) is 27.0. The third-order valence-corrected chi connectivity index (χ3v) is 8.02. The molecule has 0 spiro atoms. The number of thioether (sulfide) groups is 1. The molecule has 3 N–H and O–H groups in total. The van der Waals surface area contributed by atoms with E-state index in [9.17, 15) is 19.2 Å². The number of benzene rings is 4. The van der Waals surface area contributed by atoms with E-state index in [2.05, 4.69) is 16.0 Å². The predicted molar refractivity (Wildman–Crippen MR) is 185 cm³/mol. The van der Waals surface area contributed by atoms with Crippen LogP contribution in [0.5, 0.6) is 17.2 Å². The summed E-state index contributed by atoms with van der Waals surface area (Å²) in [5.41, 5.74) is 1.74. The topological polar surface area (TPSA) is 141 Å². The van der Waals surface area contributed by atoms with E-state index in [0.717, 1.165) is 0 Å². The molecule has 0 radical (unpaired) electrons. The first-order valence-electron chi connectivity index (χ1n) is 14.6. The van der Waals surface area contributed by atoms with E-state index in [0.29, 0.717) is 44.6 Å². The lowest BCUT2D eigenvalue weighted by Crippen LogP contribution is -2.30. The molecule has 11 nitrogen and oxygen atoms in total. The largest absolute Gasteiger partial charge is 0.496 e. The van der Waals surface area contributed by atoms with E-state index in [4.69, 9.17) is 18.9 Å². The standard InChI is InChI=1S/C36H35N3O8S/c1-22(33(40)38-28-17-10-9-16-27(28)36(43)47-5)48-26-15-11-14-25(20-26)37-35(42)29(39-34(41)23-12-7-6-8-13-23)18-24-19-31(45-3)32(46-4)21-30(24)44-2/h6-22H,1-5H3,(H,37,42)(H,38,40)(H,39,41)/b29-18+. The smallest absolute Gasteiger partial charge is 0.339 e. The molecule has 0 aliphatic carbocycles. The molecule has 0 fully saturated rings. The highest BCUT2D eigenvalue weighted by Gasteiger charge is 2.20. The van der Waals surface area contributed by atoms with Crippen LogP contribution in [0.4, 0.5) is 11.4 Å². The van der Waals surface area contributed by atoms with Crippen molar-refractivity contribution in [2.24, 2.45) is 0 Å². The van der Waals surface area contributed by atoms with Crippen LogP contribution in [0.3, 0.4) is 0 Å². The van der Waals surface area contributed by atoms with Crippen molar-refractivity contribution in [2.75, 3.05) is 39.1 Å². The van der Waals surface area contributed by atoms with E-state index in [-0.39, 0.29) is 17.2 Å². The van der Waals surface area contributed by atoms with Gasteiger partial charge in [-0.05, 0) is 61.5 Å². The first kappa shape index (κ1) is 35.1. The zero-order valence-corrected chi connectivity index (χ0v) is 27.8. The normalized spacial score (nSPS) is 11.5. The highest BCUT2D eigenvalue weighted by Crippen LogP contribution is 2.36. The number of carbonyl (C=O) groups is 4. The average molecular weight is 670 g/mol. The number of nitrogens with one attached hydrogen (secondary N) is 3. The van der Waals surface area contributed by atoms with Gasteiger partial charge in [-0.15, -0.1) is 11.8 Å². The quantitative estimate of drug-likeness (QED) is 0.0884. The van der Waals surface area contributed by atoms with Crippen molar-refractivity contribution in [3.05, 3.63) is 113 Å². The van der Waals surface area contributed by atoms with Crippen molar-refractivity contribution in [1.82, 2.24) is 5.32 Å². The first-order chi connectivity index (χ1) is 23.2. The van der Waals surface area contributed by atoms with Gasteiger partial charge in [0.25, 0.3) is 11.8 Å². The van der Waals surface area contributed by atoms with E-state index in [1.54, 1.807) is 97.9 Å². The molecule has 0 aliphatic rings. The van der Waals surface area contributed by atoms with E-state index in [1.807, 2.05) is 0 Å². The molecule has 0 heterocycles. The molecule has 3 amide bonds. The van der Waals surface area contributed by atoms with E-state index < -0.39 is 23.0 Å². The van der Waals surface area contributed by atoms with Gasteiger partial charge in [0.05, 0.1) is 44.9 Å². The molecule has 0 saturated carbocycles. The lowest BCUT2D eigenvalue weighted by Gasteiger charge is -2.16. The molecule has 248 valence electrons. The van der Waals surface area contributed by atoms with Gasteiger partial charge in [-0.25, -0.2) is 4.79 Å². The van der Waals surface area contributed by atoms with Gasteiger partial charge in [-0.3, -0.25) is 14.4 Å². The molecule has 4 rings (SSSR count). The maximum absolute atomic E-state index is 13.7. The Morgan fingerprint density at radius 1 is 0.729 bits per heavy atom. The monoisotopic (exact) mass is 669 g/mol. The molecule has 4 aromatic rings. The minimum absolute atomic E-state index is 0.0653. The van der Waals surface area contributed by atoms with Gasteiger partial charge < -0.3 is 34.9 Å². The van der Waals surface area contributed by atoms with Gasteiger partial charge >= 0.3 is 5.97 Å². The molecule has 0 aliphatic heterocycles. The second-order valence-electron chi connectivity index (χ2n) is 10.1. The highest BCUT2D eigenvalue weighted by atomic mass is 32.2. The van der Waals surface area contributed by atoms with Crippen LogP contribution in [0.1, 0.15) is 33.2 Å². The Kier molecular flexibility index (Phi) is 12.2. The Hall–Kier alpha value is -5.75. The van der Waals surface area contributed by atoms with Gasteiger partial charge in [0.1, 0.15) is 11.4 Å². The molecule has 0 aromatic heterocycles. The number of carbonyl (C=O) groups excluding carboxylic acids is 4. The second-order valence-corrected chi connectivity index (χ2v) is 11.5. The van der Waals surface area contributed by atoms with Crippen LogP contribution in [0.25, 0.3) is 6.08 Å². The van der Waals surface area contributed by atoms with Crippen molar-refractivity contribution in [1.29, 1.82) is 0 Å². The summed E-state index contributed by atoms with van der Waals surface area (Å²) in [4.78, 5) is 52.7. The summed E-state index contributed by atoms with van der Waals surface area (Å²) in [6, 6.07) is 25.2. The summed E-state index contributed by atoms with van der Waals surface area (Å²) >= 11 is 1.26. The van der Waals surface area contributed by atoms with Crippen molar-refractivity contribution in [2.45, 2.75) is 17.1 Å². The molecule has 0 bridgehead atoms. The van der Waals surface area contributed by atoms with Crippen LogP contribution in [-0.4, -0.2) is 57.4 Å². The van der Waals surface area contributed by atoms with Gasteiger partial charge in [0, 0.05) is 27.8 Å². The van der Waals surface area contributed by atoms with Crippen molar-refractivity contribution in [3.63, 3.8) is 0 Å². The Balaban J connectivity index is 1.57. The third-order valence-electron chi connectivity index (χ3n) is 6.93. The Morgan fingerprint density at radius 2 is 1.40 bits per heavy atom. The average Bonchev–Trinajstić information content (AvgIpc) is 3.11. The van der Waals surface area contributed by atoms with E-state index in [1.165, 1.54) is 46.3 Å². The van der Waals surface area contributed by atoms with Crippen LogP contribution in [-0.2, 0) is 14.3 Å². The van der Waals surface area contributed by atoms with Gasteiger partial charge in [-0.1, -0.05) is 36.4 Å². The summed E-state index contributed by atoms with van der Waals surface area (Å²) in [6.07, 6.45) is 1.48. The van der Waals surface area contributed by atoms with Crippen LogP contribution in [0.15, 0.2) is 102 Å². The fourth-order valence-electron chi connectivity index (χ4n) is 4.48. The lowest BCUT2D eigenvalue weighted by molar-refractivity contribution is -0.115. The van der Waals surface area contributed by atoms with Gasteiger partial charge in [-0.2, -0.15) is 0 Å². The summed E-state index contributed by atoms with van der Waals surface area (Å²) in [5, 5.41) is 7.76. The summed E-state index contributed by atoms with van der Waals surface area (Å²) < 4.78 is 21.1. The number of rotatable bonds is 13. The lowest BCUT2D eigenvalue weighted by atomic mass is 10.1. The molecule has 0 saturated heterocycles. The fraction of sp³-hybridized carbons (Fsp3) is 0.167. The minimum atomic E-state index is -0.608. The number of para-hydroxylation sites is 1. The molecular formula is C36H35N3O8S. The Bertz CT molecular complexity index is 1830. The Morgan fingerprint density at radius 3 is 2.08 bits per heavy atom. The van der Waals surface area contributed by atoms with Crippen molar-refractivity contribution in [3.8, 4) is 17.2 Å². The number of methoxy groups -OCH3 is 4. The third kappa shape index (κ3) is 8.95. The number of hydrogen-bond donors (Lipinski definition) is 3. The first-order valence-corrected chi connectivity index (χ1v) is 15.5. The zero-order chi connectivity index (χ0) is 34.6. The molecule has 48 heavy (non-hydrogen) atoms. The highest BCUT2D eigenvalue weighted by molar-refractivity contribution is 8.00. The maximum atomic E-state index is 13.7. The minimum Gasteiger partial charge on any atom is -0.496 e. The number of anilines is 2. The van der Waals surface area contributed by atoms with Crippen LogP contribution in [0.2, 0.25) is 0 Å². The molecule has 1 atom stereocenters. The van der Waals surface area contributed by atoms with Crippen LogP contribution >= 0.6 is 11.8 Å². The number of amides is 3. The molecule has 1 unspecified atom stereocenters.